The van der Waals surface area contributed by atoms with Crippen molar-refractivity contribution in [2.24, 2.45) is 0 Å². The molecule has 0 bridgehead atoms. The second kappa shape index (κ2) is 7.50. The largest absolute Gasteiger partial charge is 0.497 e. The molecule has 0 fully saturated rings. The highest BCUT2D eigenvalue weighted by molar-refractivity contribution is 7.80. The molecule has 0 saturated carbocycles. The molecule has 1 unspecified atom stereocenters. The van der Waals surface area contributed by atoms with Gasteiger partial charge in [0, 0.05) is 23.7 Å². The van der Waals surface area contributed by atoms with Gasteiger partial charge in [-0.25, -0.2) is 0 Å². The molecule has 0 saturated heterocycles. The van der Waals surface area contributed by atoms with Gasteiger partial charge in [-0.2, -0.15) is 13.2 Å². The third-order valence-corrected chi connectivity index (χ3v) is 4.65. The molecule has 3 rings (SSSR count). The van der Waals surface area contributed by atoms with E-state index in [2.05, 4.69) is 10.6 Å². The minimum Gasteiger partial charge on any atom is -0.497 e. The summed E-state index contributed by atoms with van der Waals surface area (Å²) in [6, 6.07) is 10.3. The lowest BCUT2D eigenvalue weighted by atomic mass is 9.89. The van der Waals surface area contributed by atoms with Crippen molar-refractivity contribution in [1.82, 2.24) is 5.32 Å². The number of alkyl halides is 3. The van der Waals surface area contributed by atoms with E-state index in [1.807, 2.05) is 32.0 Å². The Balaban J connectivity index is 1.77. The van der Waals surface area contributed by atoms with Crippen molar-refractivity contribution >= 4 is 23.0 Å². The van der Waals surface area contributed by atoms with Crippen LogP contribution in [-0.2, 0) is 6.18 Å². The maximum Gasteiger partial charge on any atom is 0.416 e. The van der Waals surface area contributed by atoms with Crippen molar-refractivity contribution in [3.8, 4) is 11.5 Å². The molecular weight excluding hydrogens is 389 g/mol. The first-order valence-corrected chi connectivity index (χ1v) is 9.10. The lowest BCUT2D eigenvalue weighted by Gasteiger charge is -2.38. The molecule has 1 aliphatic rings. The number of thiocarbonyl (C=S) groups is 1. The fourth-order valence-electron chi connectivity index (χ4n) is 3.19. The van der Waals surface area contributed by atoms with Gasteiger partial charge in [0.2, 0.25) is 0 Å². The van der Waals surface area contributed by atoms with Gasteiger partial charge in [0.1, 0.15) is 17.1 Å². The molecule has 0 amide bonds. The van der Waals surface area contributed by atoms with E-state index < -0.39 is 17.3 Å². The summed E-state index contributed by atoms with van der Waals surface area (Å²) in [6.45, 7) is 3.93. The van der Waals surface area contributed by atoms with Gasteiger partial charge in [-0.05, 0) is 56.4 Å². The number of anilines is 1. The van der Waals surface area contributed by atoms with Crippen LogP contribution in [0.2, 0.25) is 0 Å². The number of nitrogens with one attached hydrogen (secondary N) is 2. The van der Waals surface area contributed by atoms with E-state index in [0.717, 1.165) is 17.7 Å². The van der Waals surface area contributed by atoms with Crippen LogP contribution in [0.5, 0.6) is 11.5 Å². The van der Waals surface area contributed by atoms with Crippen molar-refractivity contribution in [2.75, 3.05) is 12.4 Å². The van der Waals surface area contributed by atoms with Crippen molar-refractivity contribution in [3.05, 3.63) is 53.6 Å². The summed E-state index contributed by atoms with van der Waals surface area (Å²) in [5.74, 6) is 1.37. The smallest absolute Gasteiger partial charge is 0.416 e. The molecule has 2 N–H and O–H groups in total. The maximum absolute atomic E-state index is 12.9. The molecular formula is C20H21F3N2O2S. The average molecular weight is 410 g/mol. The summed E-state index contributed by atoms with van der Waals surface area (Å²) in [6.07, 6.45) is -3.77. The molecule has 4 nitrogen and oxygen atoms in total. The van der Waals surface area contributed by atoms with Gasteiger partial charge < -0.3 is 20.1 Å². The minimum absolute atomic E-state index is 0.157. The number of hydrogen-bond donors (Lipinski definition) is 2. The summed E-state index contributed by atoms with van der Waals surface area (Å²) in [5, 5.41) is 6.27. The first kappa shape index (κ1) is 20.3. The number of benzene rings is 2. The van der Waals surface area contributed by atoms with E-state index in [-0.39, 0.29) is 16.8 Å². The predicted octanol–water partition coefficient (Wildman–Crippen LogP) is 5.30. The molecule has 150 valence electrons. The van der Waals surface area contributed by atoms with Crippen LogP contribution in [0.15, 0.2) is 42.5 Å². The van der Waals surface area contributed by atoms with Crippen LogP contribution in [0.25, 0.3) is 0 Å². The van der Waals surface area contributed by atoms with Gasteiger partial charge in [-0.3, -0.25) is 0 Å². The summed E-state index contributed by atoms with van der Waals surface area (Å²) in [7, 11) is 1.58. The topological polar surface area (TPSA) is 42.5 Å². The number of fused-ring (bicyclic) bond motifs is 1. The highest BCUT2D eigenvalue weighted by atomic mass is 32.1. The van der Waals surface area contributed by atoms with E-state index in [0.29, 0.717) is 17.9 Å². The van der Waals surface area contributed by atoms with Gasteiger partial charge in [0.05, 0.1) is 18.7 Å². The van der Waals surface area contributed by atoms with Gasteiger partial charge in [0.15, 0.2) is 5.11 Å². The third kappa shape index (κ3) is 4.67. The Hall–Kier alpha value is -2.48. The highest BCUT2D eigenvalue weighted by Crippen LogP contribution is 2.41. The van der Waals surface area contributed by atoms with Crippen molar-refractivity contribution < 1.29 is 22.6 Å². The number of methoxy groups -OCH3 is 1. The molecule has 1 atom stereocenters. The Morgan fingerprint density at radius 2 is 1.96 bits per heavy atom. The van der Waals surface area contributed by atoms with Crippen molar-refractivity contribution in [1.29, 1.82) is 0 Å². The van der Waals surface area contributed by atoms with Crippen LogP contribution >= 0.6 is 12.2 Å². The summed E-state index contributed by atoms with van der Waals surface area (Å²) in [4.78, 5) is 0. The molecule has 2 aromatic carbocycles. The van der Waals surface area contributed by atoms with E-state index in [1.54, 1.807) is 7.11 Å². The van der Waals surface area contributed by atoms with Crippen LogP contribution in [0.1, 0.15) is 37.4 Å². The Bertz CT molecular complexity index is 884. The zero-order chi connectivity index (χ0) is 20.5. The van der Waals surface area contributed by atoms with Gasteiger partial charge in [-0.15, -0.1) is 0 Å². The molecule has 8 heteroatoms. The molecule has 1 aliphatic heterocycles. The molecule has 28 heavy (non-hydrogen) atoms. The third-order valence-electron chi connectivity index (χ3n) is 4.43. The maximum atomic E-state index is 12.9. The standard InChI is InChI=1S/C20H21F3N2O2S/c1-19(2)11-16(15-8-7-14(26-3)10-17(15)27-19)25-18(28)24-13-6-4-5-12(9-13)20(21,22)23/h4-10,16H,11H2,1-3H3,(H2,24,25,28). The van der Waals surface area contributed by atoms with Crippen LogP contribution in [0.3, 0.4) is 0 Å². The molecule has 0 aliphatic carbocycles. The fraction of sp³-hybridized carbons (Fsp3) is 0.350. The lowest BCUT2D eigenvalue weighted by Crippen LogP contribution is -2.42. The predicted molar refractivity (Wildman–Crippen MR) is 106 cm³/mol. The second-order valence-electron chi connectivity index (χ2n) is 7.20. The van der Waals surface area contributed by atoms with E-state index >= 15 is 0 Å². The van der Waals surface area contributed by atoms with Crippen LogP contribution < -0.4 is 20.1 Å². The number of ether oxygens (including phenoxy) is 2. The second-order valence-corrected chi connectivity index (χ2v) is 7.61. The Labute approximate surface area is 167 Å². The van der Waals surface area contributed by atoms with Gasteiger partial charge >= 0.3 is 6.18 Å². The Morgan fingerprint density at radius 3 is 2.64 bits per heavy atom. The normalized spacial score (nSPS) is 17.9. The molecule has 0 radical (unpaired) electrons. The molecule has 1 heterocycles. The first-order valence-electron chi connectivity index (χ1n) is 8.69. The lowest BCUT2D eigenvalue weighted by molar-refractivity contribution is -0.137. The monoisotopic (exact) mass is 410 g/mol. The summed E-state index contributed by atoms with van der Waals surface area (Å²) < 4.78 is 50.0. The molecule has 2 aromatic rings. The Morgan fingerprint density at radius 1 is 1.21 bits per heavy atom. The first-order chi connectivity index (χ1) is 13.1. The Kier molecular flexibility index (Phi) is 5.43. The zero-order valence-electron chi connectivity index (χ0n) is 15.7. The van der Waals surface area contributed by atoms with Gasteiger partial charge in [0.25, 0.3) is 0 Å². The van der Waals surface area contributed by atoms with Crippen LogP contribution in [0, 0.1) is 0 Å². The number of halogens is 3. The molecule has 0 aromatic heterocycles. The van der Waals surface area contributed by atoms with Crippen LogP contribution in [0.4, 0.5) is 18.9 Å². The van der Waals surface area contributed by atoms with Crippen molar-refractivity contribution in [2.45, 2.75) is 38.1 Å². The highest BCUT2D eigenvalue weighted by Gasteiger charge is 2.34. The number of rotatable bonds is 3. The fourth-order valence-corrected chi connectivity index (χ4v) is 3.45. The van der Waals surface area contributed by atoms with Crippen molar-refractivity contribution in [3.63, 3.8) is 0 Å². The average Bonchev–Trinajstić information content (AvgIpc) is 2.59. The van der Waals surface area contributed by atoms with E-state index in [1.165, 1.54) is 12.1 Å². The quantitative estimate of drug-likeness (QED) is 0.672. The zero-order valence-corrected chi connectivity index (χ0v) is 16.5. The van der Waals surface area contributed by atoms with E-state index in [9.17, 15) is 13.2 Å². The van der Waals surface area contributed by atoms with E-state index in [4.69, 9.17) is 21.7 Å². The molecule has 0 spiro atoms. The minimum atomic E-state index is -4.41. The number of hydrogen-bond acceptors (Lipinski definition) is 3. The summed E-state index contributed by atoms with van der Waals surface area (Å²) >= 11 is 5.34. The SMILES string of the molecule is COc1ccc2c(c1)OC(C)(C)CC2NC(=S)Nc1cccc(C(F)(F)F)c1. The van der Waals surface area contributed by atoms with Crippen LogP contribution in [-0.4, -0.2) is 17.8 Å². The summed E-state index contributed by atoms with van der Waals surface area (Å²) in [5.41, 5.74) is 0.00917. The van der Waals surface area contributed by atoms with Gasteiger partial charge in [-0.1, -0.05) is 6.07 Å².